The molecule has 0 saturated carbocycles. The fourth-order valence-corrected chi connectivity index (χ4v) is 3.59. The summed E-state index contributed by atoms with van der Waals surface area (Å²) in [5.41, 5.74) is 2.56. The third kappa shape index (κ3) is 2.44. The minimum atomic E-state index is -0.445. The summed E-state index contributed by atoms with van der Waals surface area (Å²) in [6.07, 6.45) is 0. The van der Waals surface area contributed by atoms with Gasteiger partial charge in [-0.2, -0.15) is 0 Å². The van der Waals surface area contributed by atoms with Crippen LogP contribution in [0.2, 0.25) is 0 Å². The summed E-state index contributed by atoms with van der Waals surface area (Å²) in [7, 11) is 0. The van der Waals surface area contributed by atoms with Crippen LogP contribution >= 0.6 is 0 Å². The molecule has 4 nitrogen and oxygen atoms in total. The summed E-state index contributed by atoms with van der Waals surface area (Å²) in [6, 6.07) is 13.3. The van der Waals surface area contributed by atoms with Crippen molar-refractivity contribution < 1.29 is 19.1 Å². The SMILES string of the molecule is CC(CO)COc1ccc2c(c1)C(C)(C)c1oc3ccccc3c1C2=O. The number of furan rings is 1. The summed E-state index contributed by atoms with van der Waals surface area (Å²) in [4.78, 5) is 13.2. The van der Waals surface area contributed by atoms with Crippen LogP contribution in [0.5, 0.6) is 5.75 Å². The third-order valence-electron chi connectivity index (χ3n) is 5.15. The predicted octanol–water partition coefficient (Wildman–Crippen LogP) is 4.31. The molecular weight excluding hydrogens is 328 g/mol. The molecule has 1 aliphatic rings. The highest BCUT2D eigenvalue weighted by atomic mass is 16.5. The zero-order valence-corrected chi connectivity index (χ0v) is 15.2. The van der Waals surface area contributed by atoms with Gasteiger partial charge in [-0.15, -0.1) is 0 Å². The van der Waals surface area contributed by atoms with Crippen LogP contribution < -0.4 is 4.74 Å². The number of ketones is 1. The molecule has 26 heavy (non-hydrogen) atoms. The Labute approximate surface area is 152 Å². The molecule has 4 heteroatoms. The zero-order chi connectivity index (χ0) is 18.5. The number of carbonyl (C=O) groups excluding carboxylic acids is 1. The van der Waals surface area contributed by atoms with Gasteiger partial charge in [0.1, 0.15) is 17.1 Å². The minimum Gasteiger partial charge on any atom is -0.493 e. The van der Waals surface area contributed by atoms with E-state index in [1.165, 1.54) is 0 Å². The second kappa shape index (κ2) is 5.99. The Bertz CT molecular complexity index is 997. The Kier molecular flexibility index (Phi) is 3.88. The van der Waals surface area contributed by atoms with Crippen molar-refractivity contribution in [3.05, 3.63) is 64.9 Å². The molecule has 0 amide bonds. The molecule has 0 saturated heterocycles. The van der Waals surface area contributed by atoms with Crippen LogP contribution in [0.15, 0.2) is 46.9 Å². The first-order valence-electron chi connectivity index (χ1n) is 8.88. The third-order valence-corrected chi connectivity index (χ3v) is 5.15. The van der Waals surface area contributed by atoms with Gasteiger partial charge in [0.2, 0.25) is 0 Å². The Hall–Kier alpha value is -2.59. The van der Waals surface area contributed by atoms with Gasteiger partial charge in [0.05, 0.1) is 12.2 Å². The van der Waals surface area contributed by atoms with Crippen molar-refractivity contribution >= 4 is 16.8 Å². The number of benzene rings is 2. The molecule has 3 aromatic rings. The van der Waals surface area contributed by atoms with Gasteiger partial charge in [0.25, 0.3) is 0 Å². The molecule has 1 heterocycles. The number of aliphatic hydroxyl groups is 1. The van der Waals surface area contributed by atoms with Crippen molar-refractivity contribution in [2.45, 2.75) is 26.2 Å². The maximum absolute atomic E-state index is 13.2. The Balaban J connectivity index is 1.82. The van der Waals surface area contributed by atoms with Crippen LogP contribution in [0.1, 0.15) is 48.0 Å². The summed E-state index contributed by atoms with van der Waals surface area (Å²) >= 11 is 0. The summed E-state index contributed by atoms with van der Waals surface area (Å²) in [5, 5.41) is 10.0. The average Bonchev–Trinajstić information content (AvgIpc) is 3.05. The summed E-state index contributed by atoms with van der Waals surface area (Å²) in [6.45, 7) is 6.57. The van der Waals surface area contributed by atoms with E-state index in [1.54, 1.807) is 0 Å². The van der Waals surface area contributed by atoms with E-state index in [9.17, 15) is 4.79 Å². The van der Waals surface area contributed by atoms with E-state index in [2.05, 4.69) is 13.8 Å². The molecule has 1 unspecified atom stereocenters. The van der Waals surface area contributed by atoms with E-state index in [0.717, 1.165) is 16.5 Å². The largest absolute Gasteiger partial charge is 0.493 e. The molecule has 0 fully saturated rings. The first-order chi connectivity index (χ1) is 12.4. The molecule has 4 rings (SSSR count). The molecule has 2 aromatic carbocycles. The smallest absolute Gasteiger partial charge is 0.197 e. The molecule has 1 N–H and O–H groups in total. The Morgan fingerprint density at radius 2 is 1.96 bits per heavy atom. The van der Waals surface area contributed by atoms with Crippen molar-refractivity contribution in [1.29, 1.82) is 0 Å². The molecular formula is C22H22O4. The number of aliphatic hydroxyl groups excluding tert-OH is 1. The highest BCUT2D eigenvalue weighted by Crippen LogP contribution is 2.46. The normalized spacial score (nSPS) is 16.2. The molecule has 0 spiro atoms. The number of ether oxygens (including phenoxy) is 1. The number of para-hydroxylation sites is 1. The van der Waals surface area contributed by atoms with Gasteiger partial charge in [-0.25, -0.2) is 0 Å². The number of hydrogen-bond donors (Lipinski definition) is 1. The molecule has 1 aromatic heterocycles. The van der Waals surface area contributed by atoms with Gasteiger partial charge >= 0.3 is 0 Å². The van der Waals surface area contributed by atoms with Gasteiger partial charge in [0, 0.05) is 28.9 Å². The Morgan fingerprint density at radius 1 is 1.19 bits per heavy atom. The topological polar surface area (TPSA) is 59.7 Å². The van der Waals surface area contributed by atoms with Crippen molar-refractivity contribution in [2.75, 3.05) is 13.2 Å². The van der Waals surface area contributed by atoms with E-state index >= 15 is 0 Å². The molecule has 1 atom stereocenters. The maximum atomic E-state index is 13.2. The number of rotatable bonds is 4. The van der Waals surface area contributed by atoms with Gasteiger partial charge < -0.3 is 14.3 Å². The second-order valence-corrected chi connectivity index (χ2v) is 7.56. The maximum Gasteiger partial charge on any atom is 0.197 e. The summed E-state index contributed by atoms with van der Waals surface area (Å²) in [5.74, 6) is 1.46. The highest BCUT2D eigenvalue weighted by Gasteiger charge is 2.41. The number of fused-ring (bicyclic) bond motifs is 4. The lowest BCUT2D eigenvalue weighted by atomic mass is 9.72. The van der Waals surface area contributed by atoms with Crippen molar-refractivity contribution in [3.8, 4) is 5.75 Å². The van der Waals surface area contributed by atoms with Crippen molar-refractivity contribution in [1.82, 2.24) is 0 Å². The van der Waals surface area contributed by atoms with Crippen LogP contribution in [0.25, 0.3) is 11.0 Å². The molecule has 0 bridgehead atoms. The average molecular weight is 350 g/mol. The standard InChI is InChI=1S/C22H22O4/c1-13(11-23)12-25-14-8-9-15-17(10-14)22(2,3)21-19(20(15)24)16-6-4-5-7-18(16)26-21/h4-10,13,23H,11-12H2,1-3H3. The van der Waals surface area contributed by atoms with E-state index in [-0.39, 0.29) is 18.3 Å². The van der Waals surface area contributed by atoms with Gasteiger partial charge in [-0.05, 0) is 43.7 Å². The quantitative estimate of drug-likeness (QED) is 0.762. The Morgan fingerprint density at radius 3 is 2.73 bits per heavy atom. The van der Waals surface area contributed by atoms with E-state index in [0.29, 0.717) is 29.2 Å². The van der Waals surface area contributed by atoms with E-state index in [4.69, 9.17) is 14.3 Å². The highest BCUT2D eigenvalue weighted by molar-refractivity contribution is 6.19. The van der Waals surface area contributed by atoms with Crippen LogP contribution in [0, 0.1) is 5.92 Å². The lowest BCUT2D eigenvalue weighted by Gasteiger charge is -2.31. The number of carbonyl (C=O) groups is 1. The zero-order valence-electron chi connectivity index (χ0n) is 15.2. The van der Waals surface area contributed by atoms with Crippen molar-refractivity contribution in [3.63, 3.8) is 0 Å². The van der Waals surface area contributed by atoms with E-state index in [1.807, 2.05) is 49.4 Å². The lowest BCUT2D eigenvalue weighted by Crippen LogP contribution is -2.29. The second-order valence-electron chi connectivity index (χ2n) is 7.56. The lowest BCUT2D eigenvalue weighted by molar-refractivity contribution is 0.102. The first kappa shape index (κ1) is 16.9. The van der Waals surface area contributed by atoms with Crippen LogP contribution in [0.3, 0.4) is 0 Å². The van der Waals surface area contributed by atoms with Crippen LogP contribution in [-0.4, -0.2) is 24.1 Å². The first-order valence-corrected chi connectivity index (χ1v) is 8.88. The monoisotopic (exact) mass is 350 g/mol. The van der Waals surface area contributed by atoms with Gasteiger partial charge in [-0.1, -0.05) is 25.1 Å². The minimum absolute atomic E-state index is 0.00505. The van der Waals surface area contributed by atoms with Crippen molar-refractivity contribution in [2.24, 2.45) is 5.92 Å². The summed E-state index contributed by atoms with van der Waals surface area (Å²) < 4.78 is 11.9. The van der Waals surface area contributed by atoms with Crippen LogP contribution in [0.4, 0.5) is 0 Å². The molecule has 0 radical (unpaired) electrons. The van der Waals surface area contributed by atoms with Gasteiger partial charge in [0.15, 0.2) is 5.78 Å². The van der Waals surface area contributed by atoms with Gasteiger partial charge in [-0.3, -0.25) is 4.79 Å². The molecule has 1 aliphatic carbocycles. The predicted molar refractivity (Wildman–Crippen MR) is 100.0 cm³/mol. The van der Waals surface area contributed by atoms with Crippen LogP contribution in [-0.2, 0) is 5.41 Å². The molecule has 0 aliphatic heterocycles. The van der Waals surface area contributed by atoms with E-state index < -0.39 is 5.41 Å². The fraction of sp³-hybridized carbons (Fsp3) is 0.318. The number of hydrogen-bond acceptors (Lipinski definition) is 4. The molecule has 134 valence electrons. The fourth-order valence-electron chi connectivity index (χ4n) is 3.59.